The molecule has 1 atom stereocenters. The van der Waals surface area contributed by atoms with Gasteiger partial charge < -0.3 is 10.2 Å². The highest BCUT2D eigenvalue weighted by Crippen LogP contribution is 2.30. The van der Waals surface area contributed by atoms with Gasteiger partial charge in [0.2, 0.25) is 0 Å². The molecule has 0 aliphatic rings. The fourth-order valence-corrected chi connectivity index (χ4v) is 1.53. The summed E-state index contributed by atoms with van der Waals surface area (Å²) in [6, 6.07) is 0. The van der Waals surface area contributed by atoms with Gasteiger partial charge in [-0.05, 0) is 24.7 Å². The van der Waals surface area contributed by atoms with Crippen LogP contribution in [-0.2, 0) is 4.79 Å². The van der Waals surface area contributed by atoms with Crippen molar-refractivity contribution in [1.29, 1.82) is 0 Å². The molecule has 1 unspecified atom stereocenters. The fourth-order valence-electron chi connectivity index (χ4n) is 1.53. The van der Waals surface area contributed by atoms with E-state index in [0.717, 1.165) is 0 Å². The van der Waals surface area contributed by atoms with Crippen molar-refractivity contribution in [3.8, 4) is 0 Å². The Kier molecular flexibility index (Phi) is 5.01. The second kappa shape index (κ2) is 5.31. The Hall–Kier alpha value is -0.830. The topological polar surface area (TPSA) is 57.5 Å². The maximum atomic E-state index is 10.6. The van der Waals surface area contributed by atoms with Crippen molar-refractivity contribution in [1.82, 2.24) is 0 Å². The highest BCUT2D eigenvalue weighted by atomic mass is 16.4. The first-order valence-electron chi connectivity index (χ1n) is 5.26. The Morgan fingerprint density at radius 3 is 2.20 bits per heavy atom. The second-order valence-corrected chi connectivity index (χ2v) is 5.07. The summed E-state index contributed by atoms with van der Waals surface area (Å²) in [7, 11) is 0. The third-order valence-electron chi connectivity index (χ3n) is 2.70. The number of aliphatic hydroxyl groups excluding tert-OH is 1. The van der Waals surface area contributed by atoms with Crippen LogP contribution in [0.25, 0.3) is 0 Å². The lowest BCUT2D eigenvalue weighted by atomic mass is 9.78. The van der Waals surface area contributed by atoms with Crippen LogP contribution >= 0.6 is 0 Å². The van der Waals surface area contributed by atoms with Crippen molar-refractivity contribution in [2.45, 2.75) is 47.1 Å². The molecule has 0 heterocycles. The number of hydrogen-bond acceptors (Lipinski definition) is 2. The highest BCUT2D eigenvalue weighted by molar-refractivity contribution is 5.85. The molecule has 0 aromatic rings. The minimum absolute atomic E-state index is 0.179. The Labute approximate surface area is 91.8 Å². The van der Waals surface area contributed by atoms with E-state index in [9.17, 15) is 9.90 Å². The summed E-state index contributed by atoms with van der Waals surface area (Å²) >= 11 is 0. The number of carboxylic acids is 1. The number of carboxylic acid groups (broad SMARTS) is 1. The maximum absolute atomic E-state index is 10.6. The maximum Gasteiger partial charge on any atom is 0.330 e. The second-order valence-electron chi connectivity index (χ2n) is 5.07. The van der Waals surface area contributed by atoms with E-state index in [1.165, 1.54) is 0 Å². The summed E-state index contributed by atoms with van der Waals surface area (Å²) in [6.45, 7) is 9.38. The average Bonchev–Trinajstić information content (AvgIpc) is 2.12. The molecule has 0 saturated heterocycles. The van der Waals surface area contributed by atoms with Gasteiger partial charge >= 0.3 is 5.97 Å². The van der Waals surface area contributed by atoms with Gasteiger partial charge in [0, 0.05) is 5.57 Å². The van der Waals surface area contributed by atoms with Crippen LogP contribution in [0.2, 0.25) is 0 Å². The molecular weight excluding hydrogens is 192 g/mol. The number of aliphatic hydroxyl groups is 1. The smallest absolute Gasteiger partial charge is 0.330 e. The van der Waals surface area contributed by atoms with Crippen molar-refractivity contribution in [3.05, 3.63) is 11.6 Å². The van der Waals surface area contributed by atoms with Crippen LogP contribution in [0, 0.1) is 11.3 Å². The zero-order valence-electron chi connectivity index (χ0n) is 10.2. The van der Waals surface area contributed by atoms with Crippen LogP contribution in [-0.4, -0.2) is 22.3 Å². The van der Waals surface area contributed by atoms with Crippen molar-refractivity contribution in [2.24, 2.45) is 11.3 Å². The van der Waals surface area contributed by atoms with E-state index in [-0.39, 0.29) is 11.3 Å². The Morgan fingerprint density at radius 2 is 1.87 bits per heavy atom. The zero-order valence-corrected chi connectivity index (χ0v) is 10.2. The molecule has 0 fully saturated rings. The van der Waals surface area contributed by atoms with Crippen LogP contribution in [0.3, 0.4) is 0 Å². The molecule has 2 N–H and O–H groups in total. The molecule has 3 nitrogen and oxygen atoms in total. The van der Waals surface area contributed by atoms with Gasteiger partial charge in [-0.15, -0.1) is 0 Å². The van der Waals surface area contributed by atoms with Gasteiger partial charge in [0.1, 0.15) is 0 Å². The van der Waals surface area contributed by atoms with E-state index in [1.807, 2.05) is 27.7 Å². The van der Waals surface area contributed by atoms with Gasteiger partial charge in [-0.2, -0.15) is 0 Å². The molecule has 0 aromatic carbocycles. The lowest BCUT2D eigenvalue weighted by Gasteiger charge is -2.32. The third-order valence-corrected chi connectivity index (χ3v) is 2.70. The first-order valence-corrected chi connectivity index (χ1v) is 5.26. The van der Waals surface area contributed by atoms with E-state index in [1.54, 1.807) is 13.0 Å². The monoisotopic (exact) mass is 214 g/mol. The summed E-state index contributed by atoms with van der Waals surface area (Å²) in [6.07, 6.45) is 1.83. The number of aliphatic carboxylic acids is 1. The van der Waals surface area contributed by atoms with Crippen LogP contribution in [0.4, 0.5) is 0 Å². The lowest BCUT2D eigenvalue weighted by molar-refractivity contribution is -0.132. The van der Waals surface area contributed by atoms with Crippen LogP contribution < -0.4 is 0 Å². The Bertz CT molecular complexity index is 252. The zero-order chi connectivity index (χ0) is 12.2. The predicted octanol–water partition coefficient (Wildman–Crippen LogP) is 2.45. The molecule has 0 bridgehead atoms. The first-order chi connectivity index (χ1) is 6.68. The van der Waals surface area contributed by atoms with E-state index in [2.05, 4.69) is 0 Å². The van der Waals surface area contributed by atoms with Gasteiger partial charge in [0.25, 0.3) is 0 Å². The van der Waals surface area contributed by atoms with E-state index in [4.69, 9.17) is 5.11 Å². The van der Waals surface area contributed by atoms with Crippen LogP contribution in [0.1, 0.15) is 41.0 Å². The first kappa shape index (κ1) is 14.2. The molecule has 0 aromatic heterocycles. The predicted molar refractivity (Wildman–Crippen MR) is 60.6 cm³/mol. The number of rotatable bonds is 5. The number of hydrogen-bond donors (Lipinski definition) is 2. The number of allylic oxidation sites excluding steroid dienone is 1. The quantitative estimate of drug-likeness (QED) is 0.691. The molecule has 0 rings (SSSR count). The summed E-state index contributed by atoms with van der Waals surface area (Å²) in [5, 5.41) is 18.6. The van der Waals surface area contributed by atoms with Crippen LogP contribution in [0.5, 0.6) is 0 Å². The third kappa shape index (κ3) is 4.47. The van der Waals surface area contributed by atoms with Crippen molar-refractivity contribution in [3.63, 3.8) is 0 Å². The van der Waals surface area contributed by atoms with Crippen molar-refractivity contribution in [2.75, 3.05) is 0 Å². The summed E-state index contributed by atoms with van der Waals surface area (Å²) < 4.78 is 0. The van der Waals surface area contributed by atoms with Crippen molar-refractivity contribution < 1.29 is 15.0 Å². The normalized spacial score (nSPS) is 15.5. The molecule has 0 radical (unpaired) electrons. The van der Waals surface area contributed by atoms with Gasteiger partial charge in [0.05, 0.1) is 6.10 Å². The van der Waals surface area contributed by atoms with E-state index in [0.29, 0.717) is 12.0 Å². The minimum atomic E-state index is -0.898. The average molecular weight is 214 g/mol. The van der Waals surface area contributed by atoms with E-state index >= 15 is 0 Å². The fraction of sp³-hybridized carbons (Fsp3) is 0.750. The molecule has 0 aliphatic carbocycles. The van der Waals surface area contributed by atoms with Gasteiger partial charge in [-0.25, -0.2) is 4.79 Å². The highest BCUT2D eigenvalue weighted by Gasteiger charge is 2.29. The molecule has 0 spiro atoms. The van der Waals surface area contributed by atoms with Gasteiger partial charge in [-0.1, -0.05) is 33.8 Å². The molecule has 88 valence electrons. The number of carbonyl (C=O) groups is 1. The molecule has 3 heteroatoms. The van der Waals surface area contributed by atoms with E-state index < -0.39 is 12.1 Å². The standard InChI is InChI=1S/C12H22O3/c1-8(2)10(13)12(4,5)7-6-9(3)11(14)15/h6,8,10,13H,7H2,1-5H3,(H,14,15). The molecule has 0 aliphatic heterocycles. The van der Waals surface area contributed by atoms with Crippen LogP contribution in [0.15, 0.2) is 11.6 Å². The summed E-state index contributed by atoms with van der Waals surface area (Å²) in [5.41, 5.74) is 0.0456. The summed E-state index contributed by atoms with van der Waals surface area (Å²) in [4.78, 5) is 10.6. The Morgan fingerprint density at radius 1 is 1.40 bits per heavy atom. The van der Waals surface area contributed by atoms with Gasteiger partial charge in [-0.3, -0.25) is 0 Å². The molecular formula is C12H22O3. The molecule has 0 saturated carbocycles. The summed E-state index contributed by atoms with van der Waals surface area (Å²) in [5.74, 6) is -0.719. The lowest BCUT2D eigenvalue weighted by Crippen LogP contribution is -2.33. The minimum Gasteiger partial charge on any atom is -0.478 e. The molecule has 15 heavy (non-hydrogen) atoms. The Balaban J connectivity index is 4.51. The molecule has 0 amide bonds. The van der Waals surface area contributed by atoms with Gasteiger partial charge in [0.15, 0.2) is 0 Å². The van der Waals surface area contributed by atoms with Crippen molar-refractivity contribution >= 4 is 5.97 Å². The largest absolute Gasteiger partial charge is 0.478 e. The SMILES string of the molecule is CC(=CCC(C)(C)C(O)C(C)C)C(=O)O.